The molecule has 0 aromatic heterocycles. The summed E-state index contributed by atoms with van der Waals surface area (Å²) in [7, 11) is 1.48. The molecule has 0 saturated heterocycles. The van der Waals surface area contributed by atoms with Crippen LogP contribution in [0, 0.1) is 18.3 Å². The molecule has 3 aromatic carbocycles. The van der Waals surface area contributed by atoms with Gasteiger partial charge in [0.25, 0.3) is 5.91 Å². The van der Waals surface area contributed by atoms with Gasteiger partial charge >= 0.3 is 5.97 Å². The number of aromatic carboxylic acids is 1. The fourth-order valence-electron chi connectivity index (χ4n) is 3.06. The van der Waals surface area contributed by atoms with Crippen LogP contribution in [0.15, 0.2) is 66.7 Å². The molecule has 0 radical (unpaired) electrons. The second-order valence-corrected chi connectivity index (χ2v) is 7.13. The first kappa shape index (κ1) is 23.1. The number of nitrogens with one attached hydrogen (secondary N) is 1. The lowest BCUT2D eigenvalue weighted by atomic mass is 10.0. The fourth-order valence-corrected chi connectivity index (χ4v) is 3.06. The molecule has 0 heterocycles. The number of allylic oxidation sites excluding steroid dienone is 1. The van der Waals surface area contributed by atoms with E-state index in [2.05, 4.69) is 11.4 Å². The van der Waals surface area contributed by atoms with Crippen LogP contribution in [0.25, 0.3) is 11.6 Å². The topological polar surface area (TPSA) is 109 Å². The molecule has 0 fully saturated rings. The number of nitrogens with zero attached hydrogens (tertiary/aromatic N) is 1. The number of carboxylic acid groups (broad SMARTS) is 1. The minimum atomic E-state index is -1.04. The van der Waals surface area contributed by atoms with E-state index in [1.807, 2.05) is 19.1 Å². The second kappa shape index (κ2) is 10.6. The van der Waals surface area contributed by atoms with Crippen LogP contribution in [0.4, 0.5) is 5.69 Å². The number of benzene rings is 3. The van der Waals surface area contributed by atoms with Gasteiger partial charge in [0, 0.05) is 11.3 Å². The number of anilines is 1. The number of amides is 1. The Bertz CT molecular complexity index is 1220. The second-order valence-electron chi connectivity index (χ2n) is 7.13. The third kappa shape index (κ3) is 5.99. The van der Waals surface area contributed by atoms with Gasteiger partial charge in [-0.25, -0.2) is 4.79 Å². The Kier molecular flexibility index (Phi) is 7.45. The maximum absolute atomic E-state index is 12.4. The fraction of sp³-hybridized carbons (Fsp3) is 0.115. The highest BCUT2D eigenvalue weighted by molar-refractivity contribution is 5.94. The van der Waals surface area contributed by atoms with Crippen LogP contribution in [0.3, 0.4) is 0 Å². The predicted molar refractivity (Wildman–Crippen MR) is 125 cm³/mol. The Balaban J connectivity index is 1.84. The molecule has 33 heavy (non-hydrogen) atoms. The number of carbonyl (C=O) groups is 2. The van der Waals surface area contributed by atoms with Crippen LogP contribution in [-0.2, 0) is 4.79 Å². The molecule has 7 heteroatoms. The molecule has 0 aliphatic heterocycles. The lowest BCUT2D eigenvalue weighted by Gasteiger charge is -2.14. The summed E-state index contributed by atoms with van der Waals surface area (Å²) >= 11 is 0. The summed E-state index contributed by atoms with van der Waals surface area (Å²) in [5.41, 5.74) is 3.26. The maximum Gasteiger partial charge on any atom is 0.335 e. The van der Waals surface area contributed by atoms with E-state index < -0.39 is 5.97 Å². The normalized spacial score (nSPS) is 10.8. The predicted octanol–water partition coefficient (Wildman–Crippen LogP) is 4.78. The Morgan fingerprint density at radius 2 is 1.70 bits per heavy atom. The number of ether oxygens (including phenoxy) is 2. The molecule has 0 bridgehead atoms. The Morgan fingerprint density at radius 3 is 2.30 bits per heavy atom. The largest absolute Gasteiger partial charge is 0.493 e. The van der Waals surface area contributed by atoms with Crippen LogP contribution in [-0.4, -0.2) is 30.7 Å². The van der Waals surface area contributed by atoms with Crippen LogP contribution < -0.4 is 14.8 Å². The standard InChI is InChI=1S/C26H22N2O5/c1-17-6-12-22(13-7-17)28-24(29)16-33-25-20(4-3-5-23(25)32-2)14-21(15-27)18-8-10-19(11-9-18)26(30)31/h3-14H,16H2,1-2H3,(H,28,29)(H,30,31)/b21-14-. The van der Waals surface area contributed by atoms with Gasteiger partial charge in [-0.2, -0.15) is 5.26 Å². The molecule has 0 aliphatic carbocycles. The number of carboxylic acids is 1. The first-order valence-electron chi connectivity index (χ1n) is 10.0. The zero-order chi connectivity index (χ0) is 23.8. The van der Waals surface area contributed by atoms with Crippen LogP contribution in [0.5, 0.6) is 11.5 Å². The summed E-state index contributed by atoms with van der Waals surface area (Å²) in [6.45, 7) is 1.70. The zero-order valence-corrected chi connectivity index (χ0v) is 18.2. The number of carbonyl (C=O) groups excluding carboxylic acids is 1. The highest BCUT2D eigenvalue weighted by Crippen LogP contribution is 2.34. The number of hydrogen-bond acceptors (Lipinski definition) is 5. The highest BCUT2D eigenvalue weighted by atomic mass is 16.5. The minimum absolute atomic E-state index is 0.126. The quantitative estimate of drug-likeness (QED) is 0.384. The lowest BCUT2D eigenvalue weighted by Crippen LogP contribution is -2.20. The first-order chi connectivity index (χ1) is 15.9. The van der Waals surface area contributed by atoms with Crippen LogP contribution in [0.2, 0.25) is 0 Å². The molecule has 0 atom stereocenters. The van der Waals surface area contributed by atoms with Gasteiger partial charge in [-0.05, 0) is 48.9 Å². The molecule has 0 aliphatic rings. The Labute approximate surface area is 191 Å². The zero-order valence-electron chi connectivity index (χ0n) is 18.2. The molecular weight excluding hydrogens is 420 g/mol. The van der Waals surface area contributed by atoms with E-state index in [9.17, 15) is 14.9 Å². The first-order valence-corrected chi connectivity index (χ1v) is 10.0. The van der Waals surface area contributed by atoms with Crippen molar-refractivity contribution in [3.8, 4) is 17.6 Å². The van der Waals surface area contributed by atoms with E-state index in [0.717, 1.165) is 5.56 Å². The summed E-state index contributed by atoms with van der Waals surface area (Å²) < 4.78 is 11.2. The Morgan fingerprint density at radius 1 is 1.03 bits per heavy atom. The summed E-state index contributed by atoms with van der Waals surface area (Å²) in [4.78, 5) is 23.4. The number of hydrogen-bond donors (Lipinski definition) is 2. The van der Waals surface area contributed by atoms with Crippen molar-refractivity contribution in [1.82, 2.24) is 0 Å². The molecule has 0 unspecified atom stereocenters. The number of rotatable bonds is 8. The van der Waals surface area contributed by atoms with Crippen molar-refractivity contribution < 1.29 is 24.2 Å². The minimum Gasteiger partial charge on any atom is -0.493 e. The highest BCUT2D eigenvalue weighted by Gasteiger charge is 2.14. The molecular formula is C26H22N2O5. The van der Waals surface area contributed by atoms with Crippen molar-refractivity contribution in [3.05, 3.63) is 89.0 Å². The van der Waals surface area contributed by atoms with Crippen molar-refractivity contribution in [3.63, 3.8) is 0 Å². The average molecular weight is 442 g/mol. The smallest absolute Gasteiger partial charge is 0.335 e. The molecule has 166 valence electrons. The monoisotopic (exact) mass is 442 g/mol. The van der Waals surface area contributed by atoms with Gasteiger partial charge in [0.2, 0.25) is 0 Å². The van der Waals surface area contributed by atoms with E-state index in [0.29, 0.717) is 33.9 Å². The van der Waals surface area contributed by atoms with E-state index in [4.69, 9.17) is 14.6 Å². The van der Waals surface area contributed by atoms with Gasteiger partial charge < -0.3 is 19.9 Å². The van der Waals surface area contributed by atoms with Gasteiger partial charge in [-0.1, -0.05) is 42.0 Å². The van der Waals surface area contributed by atoms with Crippen LogP contribution >= 0.6 is 0 Å². The molecule has 3 aromatic rings. The van der Waals surface area contributed by atoms with E-state index in [-0.39, 0.29) is 18.1 Å². The van der Waals surface area contributed by atoms with Crippen molar-refractivity contribution in [2.24, 2.45) is 0 Å². The van der Waals surface area contributed by atoms with Crippen molar-refractivity contribution >= 4 is 29.2 Å². The van der Waals surface area contributed by atoms with Gasteiger partial charge in [-0.15, -0.1) is 0 Å². The average Bonchev–Trinajstić information content (AvgIpc) is 2.82. The maximum atomic E-state index is 12.4. The van der Waals surface area contributed by atoms with E-state index >= 15 is 0 Å². The summed E-state index contributed by atoms with van der Waals surface area (Å²) in [5.74, 6) is -0.666. The van der Waals surface area contributed by atoms with Crippen LogP contribution in [0.1, 0.15) is 27.0 Å². The number of aryl methyl sites for hydroxylation is 1. The van der Waals surface area contributed by atoms with E-state index in [1.165, 1.54) is 19.2 Å². The molecule has 2 N–H and O–H groups in total. The summed E-state index contributed by atoms with van der Waals surface area (Å²) in [6, 6.07) is 20.7. The van der Waals surface area contributed by atoms with E-state index in [1.54, 1.807) is 48.5 Å². The van der Waals surface area contributed by atoms with Crippen molar-refractivity contribution in [2.45, 2.75) is 6.92 Å². The summed E-state index contributed by atoms with van der Waals surface area (Å²) in [6.07, 6.45) is 1.60. The SMILES string of the molecule is COc1cccc(/C=C(/C#N)c2ccc(C(=O)O)cc2)c1OCC(=O)Nc1ccc(C)cc1. The third-order valence-electron chi connectivity index (χ3n) is 4.78. The molecule has 3 rings (SSSR count). The number of methoxy groups -OCH3 is 1. The number of para-hydroxylation sites is 1. The molecule has 0 saturated carbocycles. The van der Waals surface area contributed by atoms with Gasteiger partial charge in [0.1, 0.15) is 0 Å². The Hall–Kier alpha value is -4.57. The molecule has 0 spiro atoms. The van der Waals surface area contributed by atoms with Gasteiger partial charge in [-0.3, -0.25) is 4.79 Å². The van der Waals surface area contributed by atoms with Crippen molar-refractivity contribution in [1.29, 1.82) is 5.26 Å². The third-order valence-corrected chi connectivity index (χ3v) is 4.78. The lowest BCUT2D eigenvalue weighted by molar-refractivity contribution is -0.118. The summed E-state index contributed by atoms with van der Waals surface area (Å²) in [5, 5.41) is 21.5. The van der Waals surface area contributed by atoms with Crippen molar-refractivity contribution in [2.75, 3.05) is 19.0 Å². The van der Waals surface area contributed by atoms with Gasteiger partial charge in [0.15, 0.2) is 18.1 Å². The van der Waals surface area contributed by atoms with Gasteiger partial charge in [0.05, 0.1) is 24.3 Å². The molecule has 1 amide bonds. The number of nitriles is 1. The molecule has 7 nitrogen and oxygen atoms in total.